The molecule has 4 N–H and O–H groups in total. The molecule has 0 saturated heterocycles. The second-order valence-corrected chi connectivity index (χ2v) is 1.51. The van der Waals surface area contributed by atoms with E-state index in [2.05, 4.69) is 0 Å². The molecule has 0 amide bonds. The van der Waals surface area contributed by atoms with Gasteiger partial charge in [-0.1, -0.05) is 0 Å². The van der Waals surface area contributed by atoms with Crippen LogP contribution in [0.3, 0.4) is 0 Å². The van der Waals surface area contributed by atoms with Crippen molar-refractivity contribution in [2.45, 2.75) is 0 Å². The van der Waals surface area contributed by atoms with Crippen molar-refractivity contribution in [1.82, 2.24) is 0 Å². The average Bonchev–Trinajstić information content (AvgIpc) is 1.62. The van der Waals surface area contributed by atoms with Crippen LogP contribution >= 0.6 is 0 Å². The van der Waals surface area contributed by atoms with E-state index in [0.29, 0.717) is 0 Å². The maximum atomic E-state index is 8.74. The maximum absolute atomic E-state index is 8.74. The molecule has 0 aromatic heterocycles. The van der Waals surface area contributed by atoms with Crippen LogP contribution in [-0.4, -0.2) is 27.9 Å². The van der Waals surface area contributed by atoms with Gasteiger partial charge in [-0.2, -0.15) is 8.42 Å². The first-order chi connectivity index (χ1) is 4.83. The quantitative estimate of drug-likeness (QED) is 0.247. The van der Waals surface area contributed by atoms with E-state index in [4.69, 9.17) is 37.8 Å². The third-order valence-electron chi connectivity index (χ3n) is 0. The van der Waals surface area contributed by atoms with Gasteiger partial charge in [0.2, 0.25) is 0 Å². The summed E-state index contributed by atoms with van der Waals surface area (Å²) in [5.74, 6) is 0. The van der Waals surface area contributed by atoms with Crippen LogP contribution in [0.4, 0.5) is 0 Å². The van der Waals surface area contributed by atoms with Gasteiger partial charge >= 0.3 is 31.5 Å². The molecule has 0 atom stereocenters. The molecule has 0 saturated carbocycles. The Hall–Kier alpha value is -0.642. The first-order valence-electron chi connectivity index (χ1n) is 1.46. The van der Waals surface area contributed by atoms with E-state index in [1.165, 1.54) is 10.7 Å². The summed E-state index contributed by atoms with van der Waals surface area (Å²) in [6.45, 7) is 0. The molecule has 0 aliphatic rings. The number of hydrogen-bond donors (Lipinski definition) is 4. The van der Waals surface area contributed by atoms with Gasteiger partial charge in [0.1, 0.15) is 0 Å². The van der Waals surface area contributed by atoms with E-state index < -0.39 is 10.4 Å². The predicted molar refractivity (Wildman–Crippen MR) is 29.3 cm³/mol. The van der Waals surface area contributed by atoms with Crippen LogP contribution < -0.4 is 0 Å². The van der Waals surface area contributed by atoms with Gasteiger partial charge in [-0.05, 0) is 0 Å². The minimum Gasteiger partial charge on any atom is -0.379 e. The maximum Gasteiger partial charge on any atom is 2.00 e. The van der Waals surface area contributed by atoms with Gasteiger partial charge in [-0.3, -0.25) is 9.11 Å². The average molecular weight is 387 g/mol. The van der Waals surface area contributed by atoms with E-state index in [1.807, 2.05) is 0 Å². The molecule has 0 radical (unpaired) electrons. The first kappa shape index (κ1) is 22.5. The minimum atomic E-state index is -4.67. The Balaban J connectivity index is -0.0000000406. The topological polar surface area (TPSA) is 174 Å². The zero-order chi connectivity index (χ0) is 9.91. The van der Waals surface area contributed by atoms with Gasteiger partial charge in [-0.15, -0.1) is 9.81 Å². The summed E-state index contributed by atoms with van der Waals surface area (Å²) in [5, 5.41) is 15.8. The van der Waals surface area contributed by atoms with Gasteiger partial charge in [-0.25, -0.2) is 0 Å². The zero-order valence-corrected chi connectivity index (χ0v) is 8.13. The third kappa shape index (κ3) is 1590. The number of rotatable bonds is 0. The van der Waals surface area contributed by atoms with Crippen molar-refractivity contribution in [3.63, 3.8) is 0 Å². The fourth-order valence-corrected chi connectivity index (χ4v) is 0. The normalized spacial score (nSPS) is 6.83. The second kappa shape index (κ2) is 16.8. The molecule has 0 spiro atoms. The summed E-state index contributed by atoms with van der Waals surface area (Å²) < 4.78 is 31.6. The molecule has 0 bridgehead atoms. The molecule has 0 unspecified atom stereocenters. The molecule has 0 aliphatic heterocycles. The van der Waals surface area contributed by atoms with Gasteiger partial charge in [0.15, 0.2) is 10.7 Å². The fraction of sp³-hybridized carbons (Fsp3) is 0. The van der Waals surface area contributed by atoms with Crippen LogP contribution in [0.15, 0.2) is 10.7 Å². The van der Waals surface area contributed by atoms with Crippen molar-refractivity contribution in [2.24, 2.45) is 10.7 Å². The Morgan fingerprint density at radius 1 is 0.917 bits per heavy atom. The van der Waals surface area contributed by atoms with E-state index in [-0.39, 0.29) is 21.1 Å². The van der Waals surface area contributed by atoms with Gasteiger partial charge in [0.05, 0.1) is 0 Å². The summed E-state index contributed by atoms with van der Waals surface area (Å²) in [5.41, 5.74) is 0. The largest absolute Gasteiger partial charge is 2.00 e. The predicted octanol–water partition coefficient (Wildman–Crippen LogP) is -0.371. The smallest absolute Gasteiger partial charge is 0.379 e. The van der Waals surface area contributed by atoms with E-state index >= 15 is 0 Å². The molecular weight excluding hydrogens is 383 g/mol. The molecule has 0 rings (SSSR count). The summed E-state index contributed by atoms with van der Waals surface area (Å²) in [6, 6.07) is 0. The van der Waals surface area contributed by atoms with Crippen molar-refractivity contribution in [2.75, 3.05) is 0 Å². The Morgan fingerprint density at radius 2 is 0.917 bits per heavy atom. The van der Waals surface area contributed by atoms with E-state index in [1.54, 1.807) is 0 Å². The van der Waals surface area contributed by atoms with Crippen molar-refractivity contribution >= 4 is 10.4 Å². The molecule has 0 aromatic rings. The molecule has 0 aliphatic carbocycles. The first-order valence-corrected chi connectivity index (χ1v) is 2.86. The monoisotopic (exact) mass is 387 g/mol. The Labute approximate surface area is 80.3 Å². The summed E-state index contributed by atoms with van der Waals surface area (Å²) in [4.78, 5) is 16.2. The standard InChI is InChI=1S/2HNO2.H2O4S.Pt/c2*2-1-3;1-5(2,3)4;/h2*(H,2,3);(H2,1,2,3,4);/q;;;+2. The van der Waals surface area contributed by atoms with Crippen molar-refractivity contribution in [1.29, 1.82) is 0 Å². The van der Waals surface area contributed by atoms with Gasteiger partial charge in [0, 0.05) is 0 Å². The van der Waals surface area contributed by atoms with Crippen LogP contribution in [0.1, 0.15) is 0 Å². The molecular formula is H4N2O8PtS+2. The molecule has 12 heavy (non-hydrogen) atoms. The van der Waals surface area contributed by atoms with Crippen molar-refractivity contribution < 1.29 is 49.0 Å². The molecule has 76 valence electrons. The van der Waals surface area contributed by atoms with E-state index in [0.717, 1.165) is 0 Å². The minimum absolute atomic E-state index is 0. The summed E-state index contributed by atoms with van der Waals surface area (Å²) in [6.07, 6.45) is 0. The molecule has 10 nitrogen and oxygen atoms in total. The molecule has 12 heteroatoms. The van der Waals surface area contributed by atoms with E-state index in [9.17, 15) is 0 Å². The molecule has 0 aromatic carbocycles. The van der Waals surface area contributed by atoms with Crippen molar-refractivity contribution in [3.05, 3.63) is 9.81 Å². The number of nitrogens with zero attached hydrogens (tertiary/aromatic N) is 2. The number of hydrogen-bond acceptors (Lipinski definition) is 6. The van der Waals surface area contributed by atoms with Gasteiger partial charge in [0.25, 0.3) is 0 Å². The summed E-state index contributed by atoms with van der Waals surface area (Å²) in [7, 11) is -4.67. The Morgan fingerprint density at radius 3 is 0.917 bits per heavy atom. The molecule has 0 heterocycles. The Bertz CT molecular complexity index is 157. The third-order valence-corrected chi connectivity index (χ3v) is 0. The Kier molecular flexibility index (Phi) is 31.4. The zero-order valence-electron chi connectivity index (χ0n) is 5.04. The van der Waals surface area contributed by atoms with Crippen molar-refractivity contribution in [3.8, 4) is 0 Å². The SMILES string of the molecule is O=NO.O=NO.O=S(=O)(O)O.[Pt+2]. The van der Waals surface area contributed by atoms with Crippen LogP contribution in [0.25, 0.3) is 0 Å². The van der Waals surface area contributed by atoms with Crippen LogP contribution in [0.2, 0.25) is 0 Å². The second-order valence-electron chi connectivity index (χ2n) is 0.611. The van der Waals surface area contributed by atoms with Crippen LogP contribution in [0.5, 0.6) is 0 Å². The summed E-state index contributed by atoms with van der Waals surface area (Å²) >= 11 is 0. The van der Waals surface area contributed by atoms with Gasteiger partial charge < -0.3 is 10.4 Å². The fourth-order valence-electron chi connectivity index (χ4n) is 0. The molecule has 0 fully saturated rings. The van der Waals surface area contributed by atoms with Crippen LogP contribution in [0, 0.1) is 9.81 Å². The van der Waals surface area contributed by atoms with Crippen LogP contribution in [-0.2, 0) is 31.5 Å².